The van der Waals surface area contributed by atoms with Gasteiger partial charge in [0.15, 0.2) is 12.1 Å². The largest absolute Gasteiger partial charge is 0.481 e. The van der Waals surface area contributed by atoms with Crippen LogP contribution in [0.1, 0.15) is 18.1 Å². The maximum absolute atomic E-state index is 12.4. The van der Waals surface area contributed by atoms with Crippen molar-refractivity contribution in [1.29, 1.82) is 0 Å². The number of hydrogen-bond acceptors (Lipinski definition) is 6. The number of aryl methyl sites for hydroxylation is 1. The molecule has 1 amide bonds. The van der Waals surface area contributed by atoms with E-state index in [1.807, 2.05) is 18.2 Å². The van der Waals surface area contributed by atoms with E-state index in [-0.39, 0.29) is 18.0 Å². The Balaban J connectivity index is 1.73. The number of rotatable bonds is 7. The summed E-state index contributed by atoms with van der Waals surface area (Å²) in [6, 6.07) is 13.5. The highest BCUT2D eigenvalue weighted by atomic mass is 79.9. The quantitative estimate of drug-likeness (QED) is 0.461. The topological polar surface area (TPSA) is 76.7 Å². The minimum atomic E-state index is -0.474. The Labute approximate surface area is 182 Å². The number of carbonyl (C=O) groups is 2. The highest BCUT2D eigenvalue weighted by molar-refractivity contribution is 9.10. The summed E-state index contributed by atoms with van der Waals surface area (Å²) in [4.78, 5) is 24.3. The fraction of sp³-hybridized carbons (Fsp3) is 0.238. The number of nitrogens with one attached hydrogen (secondary N) is 2. The lowest BCUT2D eigenvalue weighted by Crippen LogP contribution is -2.30. The molecule has 0 bridgehead atoms. The van der Waals surface area contributed by atoms with Gasteiger partial charge >= 0.3 is 5.97 Å². The molecule has 152 valence electrons. The fourth-order valence-electron chi connectivity index (χ4n) is 2.65. The molecule has 1 aliphatic rings. The van der Waals surface area contributed by atoms with Gasteiger partial charge in [-0.2, -0.15) is 0 Å². The average Bonchev–Trinajstić information content (AvgIpc) is 3.06. The number of benzene rings is 2. The molecule has 1 aliphatic heterocycles. The van der Waals surface area contributed by atoms with Crippen LogP contribution in [0.4, 0.5) is 5.69 Å². The SMILES string of the molecule is CCc1ccc(N[C@@H]2NC(=O)/C(=C/c3cc(Br)ccc3OCC(=O)OC)S2)cc1. The second-order valence-corrected chi connectivity index (χ2v) is 8.28. The zero-order valence-electron chi connectivity index (χ0n) is 16.0. The summed E-state index contributed by atoms with van der Waals surface area (Å²) in [6.45, 7) is 1.91. The van der Waals surface area contributed by atoms with E-state index < -0.39 is 5.97 Å². The van der Waals surface area contributed by atoms with Gasteiger partial charge in [-0.05, 0) is 48.4 Å². The third-order valence-corrected chi connectivity index (χ3v) is 5.74. The van der Waals surface area contributed by atoms with Crippen molar-refractivity contribution >= 4 is 51.3 Å². The van der Waals surface area contributed by atoms with Crippen LogP contribution < -0.4 is 15.4 Å². The molecule has 6 nitrogen and oxygen atoms in total. The van der Waals surface area contributed by atoms with Crippen molar-refractivity contribution in [2.24, 2.45) is 0 Å². The van der Waals surface area contributed by atoms with Crippen molar-refractivity contribution in [3.63, 3.8) is 0 Å². The van der Waals surface area contributed by atoms with Gasteiger partial charge in [0.25, 0.3) is 5.91 Å². The van der Waals surface area contributed by atoms with Crippen LogP contribution in [0.2, 0.25) is 0 Å². The number of carbonyl (C=O) groups excluding carboxylic acids is 2. The van der Waals surface area contributed by atoms with E-state index in [0.29, 0.717) is 16.2 Å². The Bertz CT molecular complexity index is 931. The maximum atomic E-state index is 12.4. The van der Waals surface area contributed by atoms with E-state index in [1.54, 1.807) is 18.2 Å². The monoisotopic (exact) mass is 476 g/mol. The third kappa shape index (κ3) is 5.77. The third-order valence-electron chi connectivity index (χ3n) is 4.22. The molecule has 0 radical (unpaired) electrons. The highest BCUT2D eigenvalue weighted by Crippen LogP contribution is 2.33. The van der Waals surface area contributed by atoms with Gasteiger partial charge in [0.05, 0.1) is 12.0 Å². The van der Waals surface area contributed by atoms with Crippen molar-refractivity contribution < 1.29 is 19.1 Å². The maximum Gasteiger partial charge on any atom is 0.343 e. The van der Waals surface area contributed by atoms with E-state index in [4.69, 9.17) is 4.74 Å². The van der Waals surface area contributed by atoms with Gasteiger partial charge < -0.3 is 20.1 Å². The summed E-state index contributed by atoms with van der Waals surface area (Å²) in [7, 11) is 1.30. The summed E-state index contributed by atoms with van der Waals surface area (Å²) >= 11 is 4.81. The van der Waals surface area contributed by atoms with Crippen molar-refractivity contribution in [1.82, 2.24) is 5.32 Å². The molecule has 0 aliphatic carbocycles. The normalized spacial score (nSPS) is 17.1. The van der Waals surface area contributed by atoms with Crippen LogP contribution in [0, 0.1) is 0 Å². The summed E-state index contributed by atoms with van der Waals surface area (Å²) in [5.74, 6) is -0.152. The van der Waals surface area contributed by atoms with Crippen molar-refractivity contribution in [3.05, 3.63) is 63.0 Å². The predicted octanol–water partition coefficient (Wildman–Crippen LogP) is 4.16. The lowest BCUT2D eigenvalue weighted by atomic mass is 10.1. The van der Waals surface area contributed by atoms with Crippen LogP contribution in [0.5, 0.6) is 5.75 Å². The Morgan fingerprint density at radius 1 is 1.28 bits per heavy atom. The molecule has 0 aromatic heterocycles. The molecular weight excluding hydrogens is 456 g/mol. The zero-order chi connectivity index (χ0) is 20.8. The molecule has 1 atom stereocenters. The molecule has 3 rings (SSSR count). The van der Waals surface area contributed by atoms with E-state index in [0.717, 1.165) is 16.6 Å². The summed E-state index contributed by atoms with van der Waals surface area (Å²) < 4.78 is 11.0. The minimum Gasteiger partial charge on any atom is -0.481 e. The smallest absolute Gasteiger partial charge is 0.343 e. The van der Waals surface area contributed by atoms with Crippen LogP contribution >= 0.6 is 27.7 Å². The number of halogens is 1. The molecule has 0 saturated carbocycles. The van der Waals surface area contributed by atoms with E-state index in [9.17, 15) is 9.59 Å². The van der Waals surface area contributed by atoms with Crippen LogP contribution in [0.25, 0.3) is 6.08 Å². The number of methoxy groups -OCH3 is 1. The second kappa shape index (κ2) is 9.84. The zero-order valence-corrected chi connectivity index (χ0v) is 18.4. The number of ether oxygens (including phenoxy) is 2. The molecule has 2 N–H and O–H groups in total. The van der Waals surface area contributed by atoms with Gasteiger partial charge in [-0.1, -0.05) is 46.7 Å². The van der Waals surface area contributed by atoms with Crippen molar-refractivity contribution in [2.45, 2.75) is 18.8 Å². The fourth-order valence-corrected chi connectivity index (χ4v) is 4.01. The van der Waals surface area contributed by atoms with Crippen LogP contribution in [-0.4, -0.2) is 31.1 Å². The van der Waals surface area contributed by atoms with E-state index in [2.05, 4.69) is 50.4 Å². The molecule has 2 aromatic carbocycles. The number of thioether (sulfide) groups is 1. The molecule has 29 heavy (non-hydrogen) atoms. The Hall–Kier alpha value is -2.45. The molecule has 2 aromatic rings. The molecular formula is C21H21BrN2O4S. The first kappa shape index (κ1) is 21.3. The molecule has 0 unspecified atom stereocenters. The Kier molecular flexibility index (Phi) is 7.22. The van der Waals surface area contributed by atoms with Gasteiger partial charge in [0, 0.05) is 15.7 Å². The first-order chi connectivity index (χ1) is 14.0. The van der Waals surface area contributed by atoms with Crippen molar-refractivity contribution in [2.75, 3.05) is 19.0 Å². The van der Waals surface area contributed by atoms with Gasteiger partial charge in [0.2, 0.25) is 0 Å². The molecule has 1 fully saturated rings. The standard InChI is InChI=1S/C21H21BrN2O4S/c1-3-13-4-7-16(8-5-13)23-21-24-20(26)18(29-21)11-14-10-15(22)6-9-17(14)28-12-19(25)27-2/h4-11,21,23H,3,12H2,1-2H3,(H,24,26)/b18-11-/t21-/m1/s1. The average molecular weight is 477 g/mol. The van der Waals surface area contributed by atoms with E-state index in [1.165, 1.54) is 24.4 Å². The number of anilines is 1. The van der Waals surface area contributed by atoms with Gasteiger partial charge in [-0.15, -0.1) is 0 Å². The molecule has 1 saturated heterocycles. The predicted molar refractivity (Wildman–Crippen MR) is 119 cm³/mol. The number of hydrogen-bond donors (Lipinski definition) is 2. The Morgan fingerprint density at radius 3 is 2.72 bits per heavy atom. The van der Waals surface area contributed by atoms with Gasteiger partial charge in [-0.25, -0.2) is 4.79 Å². The molecule has 1 heterocycles. The molecule has 0 spiro atoms. The van der Waals surface area contributed by atoms with Gasteiger partial charge in [0.1, 0.15) is 5.75 Å². The summed E-state index contributed by atoms with van der Waals surface area (Å²) in [5, 5.41) is 6.21. The second-order valence-electron chi connectivity index (χ2n) is 6.22. The number of esters is 1. The first-order valence-electron chi connectivity index (χ1n) is 9.02. The van der Waals surface area contributed by atoms with Crippen LogP contribution in [-0.2, 0) is 20.7 Å². The van der Waals surface area contributed by atoms with Crippen LogP contribution in [0.15, 0.2) is 51.8 Å². The Morgan fingerprint density at radius 2 is 2.03 bits per heavy atom. The first-order valence-corrected chi connectivity index (χ1v) is 10.7. The highest BCUT2D eigenvalue weighted by Gasteiger charge is 2.27. The molecule has 8 heteroatoms. The summed E-state index contributed by atoms with van der Waals surface area (Å²) in [6.07, 6.45) is 2.73. The minimum absolute atomic E-state index is 0.170. The van der Waals surface area contributed by atoms with E-state index >= 15 is 0 Å². The lowest BCUT2D eigenvalue weighted by Gasteiger charge is -2.13. The van der Waals surface area contributed by atoms with Gasteiger partial charge in [-0.3, -0.25) is 4.79 Å². The summed E-state index contributed by atoms with van der Waals surface area (Å²) in [5.41, 5.74) is 2.61. The lowest BCUT2D eigenvalue weighted by molar-refractivity contribution is -0.142. The number of amides is 1. The van der Waals surface area contributed by atoms with Crippen molar-refractivity contribution in [3.8, 4) is 5.75 Å². The van der Waals surface area contributed by atoms with Crippen LogP contribution in [0.3, 0.4) is 0 Å².